The van der Waals surface area contributed by atoms with Crippen LogP contribution in [0.25, 0.3) is 11.1 Å². The normalized spacial score (nSPS) is 10.1. The van der Waals surface area contributed by atoms with Crippen molar-refractivity contribution in [3.8, 4) is 16.9 Å². The number of methoxy groups -OCH3 is 1. The van der Waals surface area contributed by atoms with Gasteiger partial charge in [-0.15, -0.1) is 0 Å². The molecule has 0 saturated heterocycles. The Labute approximate surface area is 110 Å². The first-order chi connectivity index (χ1) is 8.63. The van der Waals surface area contributed by atoms with Gasteiger partial charge in [0.15, 0.2) is 0 Å². The van der Waals surface area contributed by atoms with Crippen LogP contribution < -0.4 is 4.74 Å². The van der Waals surface area contributed by atoms with Crippen LogP contribution in [0.3, 0.4) is 0 Å². The van der Waals surface area contributed by atoms with Crippen LogP contribution in [0.1, 0.15) is 10.4 Å². The number of carbonyl (C=O) groups is 1. The topological polar surface area (TPSA) is 46.5 Å². The highest BCUT2D eigenvalue weighted by atomic mass is 35.5. The van der Waals surface area contributed by atoms with Crippen molar-refractivity contribution in [3.05, 3.63) is 53.1 Å². The number of halogens is 1. The van der Waals surface area contributed by atoms with Gasteiger partial charge in [0.2, 0.25) is 0 Å². The lowest BCUT2D eigenvalue weighted by Gasteiger charge is -2.10. The van der Waals surface area contributed by atoms with Crippen LogP contribution in [0, 0.1) is 0 Å². The minimum absolute atomic E-state index is 0.0979. The first kappa shape index (κ1) is 12.5. The van der Waals surface area contributed by atoms with E-state index >= 15 is 0 Å². The molecular formula is C14H11ClO3. The van der Waals surface area contributed by atoms with Crippen molar-refractivity contribution in [2.45, 2.75) is 0 Å². The first-order valence-electron chi connectivity index (χ1n) is 5.29. The summed E-state index contributed by atoms with van der Waals surface area (Å²) in [6, 6.07) is 12.4. The van der Waals surface area contributed by atoms with E-state index in [-0.39, 0.29) is 11.3 Å². The van der Waals surface area contributed by atoms with Gasteiger partial charge in [0, 0.05) is 11.6 Å². The minimum atomic E-state index is -1.04. The molecule has 0 fully saturated rings. The average molecular weight is 263 g/mol. The van der Waals surface area contributed by atoms with E-state index in [4.69, 9.17) is 21.4 Å². The second kappa shape index (κ2) is 5.10. The molecule has 0 aliphatic carbocycles. The summed E-state index contributed by atoms with van der Waals surface area (Å²) >= 11 is 6.15. The van der Waals surface area contributed by atoms with Crippen molar-refractivity contribution in [2.24, 2.45) is 0 Å². The summed E-state index contributed by atoms with van der Waals surface area (Å²) in [6.07, 6.45) is 0. The van der Waals surface area contributed by atoms with Gasteiger partial charge in [-0.05, 0) is 11.6 Å². The summed E-state index contributed by atoms with van der Waals surface area (Å²) in [5.74, 6) is -0.784. The van der Waals surface area contributed by atoms with Crippen molar-refractivity contribution < 1.29 is 14.6 Å². The molecule has 0 amide bonds. The van der Waals surface area contributed by atoms with Crippen LogP contribution in [-0.4, -0.2) is 18.2 Å². The zero-order chi connectivity index (χ0) is 13.1. The van der Waals surface area contributed by atoms with Crippen LogP contribution in [0.15, 0.2) is 42.5 Å². The molecule has 0 aromatic heterocycles. The van der Waals surface area contributed by atoms with Crippen LogP contribution in [0.2, 0.25) is 5.02 Å². The van der Waals surface area contributed by atoms with Crippen molar-refractivity contribution in [1.29, 1.82) is 0 Å². The van der Waals surface area contributed by atoms with E-state index in [0.717, 1.165) is 5.56 Å². The lowest BCUT2D eigenvalue weighted by molar-refractivity contribution is 0.0693. The van der Waals surface area contributed by atoms with Gasteiger partial charge < -0.3 is 9.84 Å². The summed E-state index contributed by atoms with van der Waals surface area (Å²) < 4.78 is 5.01. The van der Waals surface area contributed by atoms with Gasteiger partial charge in [-0.2, -0.15) is 0 Å². The monoisotopic (exact) mass is 262 g/mol. The maximum Gasteiger partial charge on any atom is 0.339 e. The number of carboxylic acids is 1. The Kier molecular flexibility index (Phi) is 3.53. The number of hydrogen-bond donors (Lipinski definition) is 1. The number of rotatable bonds is 3. The first-order valence-corrected chi connectivity index (χ1v) is 5.67. The molecule has 1 N–H and O–H groups in total. The maximum atomic E-state index is 11.2. The molecule has 0 unspecified atom stereocenters. The van der Waals surface area contributed by atoms with E-state index < -0.39 is 5.97 Å². The Balaban J connectivity index is 2.63. The predicted octanol–water partition coefficient (Wildman–Crippen LogP) is 3.71. The molecule has 0 aliphatic heterocycles. The van der Waals surface area contributed by atoms with Crippen LogP contribution in [-0.2, 0) is 0 Å². The van der Waals surface area contributed by atoms with Gasteiger partial charge in [0.1, 0.15) is 11.3 Å². The third kappa shape index (κ3) is 2.31. The smallest absolute Gasteiger partial charge is 0.339 e. The van der Waals surface area contributed by atoms with Crippen molar-refractivity contribution in [3.63, 3.8) is 0 Å². The SMILES string of the molecule is COc1cc(Cl)c(-c2ccccc2)cc1C(=O)O. The number of hydrogen-bond acceptors (Lipinski definition) is 2. The summed E-state index contributed by atoms with van der Waals surface area (Å²) in [5.41, 5.74) is 1.64. The molecule has 4 heteroatoms. The van der Waals surface area contributed by atoms with Crippen molar-refractivity contribution in [2.75, 3.05) is 7.11 Å². The van der Waals surface area contributed by atoms with E-state index in [2.05, 4.69) is 0 Å². The van der Waals surface area contributed by atoms with E-state index in [1.165, 1.54) is 19.2 Å². The van der Waals surface area contributed by atoms with Gasteiger partial charge >= 0.3 is 5.97 Å². The van der Waals surface area contributed by atoms with Gasteiger partial charge in [-0.25, -0.2) is 4.79 Å². The molecule has 0 atom stereocenters. The van der Waals surface area contributed by atoms with Gasteiger partial charge in [0.05, 0.1) is 12.1 Å². The van der Waals surface area contributed by atoms with Gasteiger partial charge in [-0.1, -0.05) is 41.9 Å². The lowest BCUT2D eigenvalue weighted by Crippen LogP contribution is -2.01. The fourth-order valence-corrected chi connectivity index (χ4v) is 1.99. The van der Waals surface area contributed by atoms with Crippen LogP contribution in [0.5, 0.6) is 5.75 Å². The summed E-state index contributed by atoms with van der Waals surface area (Å²) in [4.78, 5) is 11.2. The highest BCUT2D eigenvalue weighted by Crippen LogP contribution is 2.34. The number of benzene rings is 2. The molecule has 0 heterocycles. The van der Waals surface area contributed by atoms with Crippen molar-refractivity contribution >= 4 is 17.6 Å². The standard InChI is InChI=1S/C14H11ClO3/c1-18-13-8-12(15)10(7-11(13)14(16)17)9-5-3-2-4-6-9/h2-8H,1H3,(H,16,17). The Morgan fingerprint density at radius 1 is 1.22 bits per heavy atom. The fourth-order valence-electron chi connectivity index (χ4n) is 1.73. The van der Waals surface area contributed by atoms with E-state index in [1.54, 1.807) is 0 Å². The molecule has 3 nitrogen and oxygen atoms in total. The zero-order valence-electron chi connectivity index (χ0n) is 9.68. The van der Waals surface area contributed by atoms with E-state index in [0.29, 0.717) is 10.6 Å². The summed E-state index contributed by atoms with van der Waals surface area (Å²) in [6.45, 7) is 0. The lowest BCUT2D eigenvalue weighted by atomic mass is 10.0. The van der Waals surface area contributed by atoms with E-state index in [9.17, 15) is 4.79 Å². The molecule has 0 bridgehead atoms. The highest BCUT2D eigenvalue weighted by Gasteiger charge is 2.15. The number of aromatic carboxylic acids is 1. The zero-order valence-corrected chi connectivity index (χ0v) is 10.4. The third-order valence-electron chi connectivity index (χ3n) is 2.60. The molecule has 0 radical (unpaired) electrons. The second-order valence-corrected chi connectivity index (χ2v) is 4.11. The largest absolute Gasteiger partial charge is 0.496 e. The highest BCUT2D eigenvalue weighted by molar-refractivity contribution is 6.33. The summed E-state index contributed by atoms with van der Waals surface area (Å²) in [7, 11) is 1.42. The molecule has 0 aliphatic rings. The fraction of sp³-hybridized carbons (Fsp3) is 0.0714. The average Bonchev–Trinajstić information content (AvgIpc) is 2.39. The van der Waals surface area contributed by atoms with Gasteiger partial charge in [0.25, 0.3) is 0 Å². The van der Waals surface area contributed by atoms with Crippen molar-refractivity contribution in [1.82, 2.24) is 0 Å². The predicted molar refractivity (Wildman–Crippen MR) is 70.4 cm³/mol. The number of carboxylic acid groups (broad SMARTS) is 1. The molecule has 2 rings (SSSR count). The summed E-state index contributed by atoms with van der Waals surface area (Å²) in [5, 5.41) is 9.60. The molecule has 2 aromatic carbocycles. The van der Waals surface area contributed by atoms with Gasteiger partial charge in [-0.3, -0.25) is 0 Å². The Hall–Kier alpha value is -2.00. The molecular weight excluding hydrogens is 252 g/mol. The molecule has 2 aromatic rings. The van der Waals surface area contributed by atoms with Crippen LogP contribution >= 0.6 is 11.6 Å². The quantitative estimate of drug-likeness (QED) is 0.917. The Morgan fingerprint density at radius 3 is 2.44 bits per heavy atom. The molecule has 18 heavy (non-hydrogen) atoms. The molecule has 92 valence electrons. The number of ether oxygens (including phenoxy) is 1. The Bertz CT molecular complexity index is 579. The van der Waals surface area contributed by atoms with Crippen LogP contribution in [0.4, 0.5) is 0 Å². The minimum Gasteiger partial charge on any atom is -0.496 e. The second-order valence-electron chi connectivity index (χ2n) is 3.70. The third-order valence-corrected chi connectivity index (χ3v) is 2.92. The Morgan fingerprint density at radius 2 is 1.89 bits per heavy atom. The van der Waals surface area contributed by atoms with E-state index in [1.807, 2.05) is 30.3 Å². The molecule has 0 spiro atoms. The molecule has 0 saturated carbocycles. The maximum absolute atomic E-state index is 11.2.